The number of carbonyl (C=O) groups is 1. The van der Waals surface area contributed by atoms with Gasteiger partial charge in [0.2, 0.25) is 0 Å². The predicted octanol–water partition coefficient (Wildman–Crippen LogP) is 6.85. The van der Waals surface area contributed by atoms with E-state index in [1.54, 1.807) is 18.3 Å². The zero-order chi connectivity index (χ0) is 32.4. The summed E-state index contributed by atoms with van der Waals surface area (Å²) in [6.45, 7) is 1.26. The van der Waals surface area contributed by atoms with Crippen molar-refractivity contribution in [2.45, 2.75) is 44.2 Å². The Morgan fingerprint density at radius 3 is 2.75 bits per heavy atom. The molecule has 10 nitrogen and oxygen atoms in total. The average molecular weight is 661 g/mol. The van der Waals surface area contributed by atoms with Crippen LogP contribution in [0.25, 0.3) is 32.0 Å². The minimum atomic E-state index is -0.698. The van der Waals surface area contributed by atoms with Crippen LogP contribution in [-0.4, -0.2) is 44.1 Å². The molecule has 2 atom stereocenters. The van der Waals surface area contributed by atoms with Gasteiger partial charge in [-0.2, -0.15) is 0 Å². The van der Waals surface area contributed by atoms with Gasteiger partial charge in [0, 0.05) is 35.2 Å². The number of halogens is 1. The van der Waals surface area contributed by atoms with Crippen molar-refractivity contribution in [2.24, 2.45) is 0 Å². The smallest absolute Gasteiger partial charge is 0.434 e. The van der Waals surface area contributed by atoms with E-state index in [2.05, 4.69) is 27.6 Å². The molecule has 0 bridgehead atoms. The van der Waals surface area contributed by atoms with Crippen LogP contribution >= 0.6 is 11.3 Å². The van der Waals surface area contributed by atoms with E-state index in [0.717, 1.165) is 62.6 Å². The second kappa shape index (κ2) is 11.4. The van der Waals surface area contributed by atoms with E-state index >= 15 is 0 Å². The van der Waals surface area contributed by atoms with Gasteiger partial charge in [-0.15, -0.1) is 16.4 Å². The number of para-hydroxylation sites is 1. The van der Waals surface area contributed by atoms with Gasteiger partial charge < -0.3 is 19.4 Å². The van der Waals surface area contributed by atoms with E-state index < -0.39 is 5.76 Å². The van der Waals surface area contributed by atoms with E-state index in [9.17, 15) is 14.0 Å². The summed E-state index contributed by atoms with van der Waals surface area (Å²) in [6.07, 6.45) is 5.33. The van der Waals surface area contributed by atoms with E-state index in [1.807, 2.05) is 29.2 Å². The number of benzene rings is 2. The molecule has 0 spiro atoms. The van der Waals surface area contributed by atoms with Gasteiger partial charge in [-0.1, -0.05) is 30.3 Å². The van der Waals surface area contributed by atoms with Crippen molar-refractivity contribution in [3.63, 3.8) is 0 Å². The minimum absolute atomic E-state index is 0.0180. The molecule has 6 aromatic rings. The largest absolute Gasteiger partial charge is 0.493 e. The van der Waals surface area contributed by atoms with Gasteiger partial charge in [-0.25, -0.2) is 19.3 Å². The highest BCUT2D eigenvalue weighted by molar-refractivity contribution is 7.23. The number of H-pyrrole nitrogens is 1. The SMILES string of the molecule is O=C1c2c(nc(CCc3ccc(F)cc3)c(-c3n[nH]c(=O)o3)c2-c2cc3ccnc(N[C@@H]4CCOc5ccccc54)c3s2)C2CCCN12. The molecule has 0 radical (unpaired) electrons. The molecule has 7 heterocycles. The summed E-state index contributed by atoms with van der Waals surface area (Å²) in [5, 5.41) is 11.3. The number of aromatic amines is 1. The second-order valence-corrected chi connectivity index (χ2v) is 13.4. The zero-order valence-corrected chi connectivity index (χ0v) is 26.5. The molecule has 1 saturated heterocycles. The number of aryl methyl sites for hydroxylation is 2. The van der Waals surface area contributed by atoms with Crippen LogP contribution in [0.5, 0.6) is 5.75 Å². The third kappa shape index (κ3) is 4.78. The van der Waals surface area contributed by atoms with Crippen LogP contribution < -0.4 is 15.8 Å². The van der Waals surface area contributed by atoms with Gasteiger partial charge in [-0.3, -0.25) is 9.78 Å². The van der Waals surface area contributed by atoms with Crippen LogP contribution in [0.1, 0.15) is 64.2 Å². The molecular formula is C36H29FN6O4S. The Bertz CT molecular complexity index is 2280. The van der Waals surface area contributed by atoms with Crippen molar-refractivity contribution < 1.29 is 18.3 Å². The first kappa shape index (κ1) is 28.8. The van der Waals surface area contributed by atoms with E-state index in [-0.39, 0.29) is 29.7 Å². The number of anilines is 1. The van der Waals surface area contributed by atoms with Crippen molar-refractivity contribution >= 4 is 33.1 Å². The number of nitrogens with one attached hydrogen (secondary N) is 2. The van der Waals surface area contributed by atoms with E-state index in [4.69, 9.17) is 19.1 Å². The van der Waals surface area contributed by atoms with Crippen molar-refractivity contribution in [1.82, 2.24) is 25.1 Å². The number of rotatable bonds is 7. The standard InChI is InChI=1S/C36H29FN6O4S/c37-21-10-7-19(8-11-21)9-12-24-28(34-41-42-36(45)47-34)29(30-31(39-24)25-5-3-16-43(25)35(30)44)27-18-20-13-15-38-33(32(20)48-27)40-23-14-17-46-26-6-2-1-4-22(23)26/h1-2,4,6-8,10-11,13,15,18,23,25H,3,5,9,12,14,16-17H2,(H,38,40)(H,42,45)/t23-,25?/m1/s1. The maximum absolute atomic E-state index is 14.1. The number of hydrogen-bond acceptors (Lipinski definition) is 9. The number of amides is 1. The fourth-order valence-corrected chi connectivity index (χ4v) is 8.47. The lowest BCUT2D eigenvalue weighted by atomic mass is 9.93. The summed E-state index contributed by atoms with van der Waals surface area (Å²) in [7, 11) is 0. The lowest BCUT2D eigenvalue weighted by molar-refractivity contribution is 0.0776. The quantitative estimate of drug-likeness (QED) is 0.190. The Labute approximate surface area is 277 Å². The third-order valence-corrected chi connectivity index (χ3v) is 10.7. The van der Waals surface area contributed by atoms with Gasteiger partial charge in [-0.05, 0) is 67.0 Å². The van der Waals surface area contributed by atoms with E-state index in [0.29, 0.717) is 48.4 Å². The highest BCUT2D eigenvalue weighted by Gasteiger charge is 2.45. The fourth-order valence-electron chi connectivity index (χ4n) is 7.31. The number of hydrogen-bond donors (Lipinski definition) is 2. The maximum Gasteiger partial charge on any atom is 0.434 e. The number of ether oxygens (including phenoxy) is 1. The molecule has 0 saturated carbocycles. The molecule has 2 N–H and O–H groups in total. The molecule has 1 amide bonds. The second-order valence-electron chi connectivity index (χ2n) is 12.3. The maximum atomic E-state index is 14.1. The lowest BCUT2D eigenvalue weighted by Gasteiger charge is -2.27. The Hall–Kier alpha value is -5.36. The minimum Gasteiger partial charge on any atom is -0.493 e. The van der Waals surface area contributed by atoms with Crippen LogP contribution in [0.2, 0.25) is 0 Å². The molecule has 2 aromatic carbocycles. The fraction of sp³-hybridized carbons (Fsp3) is 0.250. The molecule has 3 aliphatic rings. The van der Waals surface area contributed by atoms with Crippen molar-refractivity contribution in [3.05, 3.63) is 111 Å². The molecule has 9 rings (SSSR count). The summed E-state index contributed by atoms with van der Waals surface area (Å²) >= 11 is 1.53. The van der Waals surface area contributed by atoms with Crippen LogP contribution in [0.4, 0.5) is 10.2 Å². The summed E-state index contributed by atoms with van der Waals surface area (Å²) in [5.41, 5.74) is 5.13. The summed E-state index contributed by atoms with van der Waals surface area (Å²) in [6, 6.07) is 18.4. The first-order valence-electron chi connectivity index (χ1n) is 16.1. The normalized spacial score (nSPS) is 18.1. The Morgan fingerprint density at radius 1 is 1.02 bits per heavy atom. The molecule has 48 heavy (non-hydrogen) atoms. The molecule has 4 aromatic heterocycles. The number of thiophene rings is 1. The van der Waals surface area contributed by atoms with Crippen LogP contribution in [0.15, 0.2) is 76.1 Å². The molecule has 1 unspecified atom stereocenters. The molecular weight excluding hydrogens is 631 g/mol. The first-order valence-corrected chi connectivity index (χ1v) is 16.9. The first-order chi connectivity index (χ1) is 23.5. The number of carbonyl (C=O) groups excluding carboxylic acids is 1. The summed E-state index contributed by atoms with van der Waals surface area (Å²) in [5.74, 6) is 0.609. The monoisotopic (exact) mass is 660 g/mol. The number of fused-ring (bicyclic) bond motifs is 5. The van der Waals surface area contributed by atoms with Crippen LogP contribution in [-0.2, 0) is 12.8 Å². The predicted molar refractivity (Wildman–Crippen MR) is 179 cm³/mol. The highest BCUT2D eigenvalue weighted by atomic mass is 32.1. The molecule has 240 valence electrons. The number of nitrogens with zero attached hydrogens (tertiary/aromatic N) is 4. The Kier molecular flexibility index (Phi) is 6.85. The lowest BCUT2D eigenvalue weighted by Crippen LogP contribution is -2.22. The van der Waals surface area contributed by atoms with Crippen molar-refractivity contribution in [1.29, 1.82) is 0 Å². The Morgan fingerprint density at radius 2 is 1.90 bits per heavy atom. The molecule has 1 fully saturated rings. The highest BCUT2D eigenvalue weighted by Crippen LogP contribution is 2.50. The zero-order valence-electron chi connectivity index (χ0n) is 25.7. The third-order valence-electron chi connectivity index (χ3n) is 9.51. The van der Waals surface area contributed by atoms with Crippen LogP contribution in [0, 0.1) is 5.82 Å². The van der Waals surface area contributed by atoms with Crippen LogP contribution in [0.3, 0.4) is 0 Å². The van der Waals surface area contributed by atoms with Gasteiger partial charge in [0.05, 0.1) is 45.9 Å². The van der Waals surface area contributed by atoms with Gasteiger partial charge in [0.1, 0.15) is 17.4 Å². The van der Waals surface area contributed by atoms with Gasteiger partial charge in [0.15, 0.2) is 0 Å². The molecule has 3 aliphatic heterocycles. The molecule has 12 heteroatoms. The summed E-state index contributed by atoms with van der Waals surface area (Å²) < 4.78 is 26.1. The topological polar surface area (TPSA) is 126 Å². The number of pyridine rings is 2. The Balaban J connectivity index is 1.22. The van der Waals surface area contributed by atoms with Gasteiger partial charge >= 0.3 is 5.76 Å². The van der Waals surface area contributed by atoms with Crippen molar-refractivity contribution in [2.75, 3.05) is 18.5 Å². The average Bonchev–Trinajstić information content (AvgIpc) is 3.90. The van der Waals surface area contributed by atoms with Gasteiger partial charge in [0.25, 0.3) is 11.8 Å². The molecule has 0 aliphatic carbocycles. The van der Waals surface area contributed by atoms with E-state index in [1.165, 1.54) is 23.5 Å². The number of aromatic nitrogens is 4. The summed E-state index contributed by atoms with van der Waals surface area (Å²) in [4.78, 5) is 39.1. The van der Waals surface area contributed by atoms with Crippen molar-refractivity contribution in [3.8, 4) is 27.6 Å².